The number of rotatable bonds is 7. The molecule has 10 heteroatoms. The van der Waals surface area contributed by atoms with Gasteiger partial charge in [-0.05, 0) is 6.42 Å². The zero-order valence-electron chi connectivity index (χ0n) is 8.91. The molecule has 1 heterocycles. The molecule has 0 aromatic carbocycles. The number of carbonyl (C=O) groups is 1. The lowest BCUT2D eigenvalue weighted by Gasteiger charge is -2.01. The molecule has 0 aliphatic rings. The number of carboxylic acid groups (broad SMARTS) is 1. The summed E-state index contributed by atoms with van der Waals surface area (Å²) in [7, 11) is -3.37. The van der Waals surface area contributed by atoms with Crippen LogP contribution in [0.2, 0.25) is 0 Å². The van der Waals surface area contributed by atoms with Gasteiger partial charge in [0.2, 0.25) is 15.2 Å². The lowest BCUT2D eigenvalue weighted by atomic mass is 10.6. The molecule has 96 valence electrons. The summed E-state index contributed by atoms with van der Waals surface area (Å²) in [6.45, 7) is 1.76. The van der Waals surface area contributed by atoms with Crippen molar-refractivity contribution in [2.24, 2.45) is 0 Å². The van der Waals surface area contributed by atoms with Crippen LogP contribution >= 0.6 is 23.1 Å². The fourth-order valence-corrected chi connectivity index (χ4v) is 3.70. The molecule has 0 bridgehead atoms. The largest absolute Gasteiger partial charge is 0.481 e. The van der Waals surface area contributed by atoms with E-state index in [2.05, 4.69) is 14.9 Å². The van der Waals surface area contributed by atoms with E-state index >= 15 is 0 Å². The molecule has 1 rings (SSSR count). The first-order valence-electron chi connectivity index (χ1n) is 4.61. The molecule has 0 fully saturated rings. The molecule has 2 N–H and O–H groups in total. The van der Waals surface area contributed by atoms with E-state index in [1.807, 2.05) is 0 Å². The second-order valence-corrected chi connectivity index (χ2v) is 7.02. The minimum atomic E-state index is -3.37. The number of hydrogen-bond acceptors (Lipinski definition) is 7. The van der Waals surface area contributed by atoms with Crippen LogP contribution in [-0.2, 0) is 14.8 Å². The molecule has 0 radical (unpaired) electrons. The molecule has 0 spiro atoms. The predicted octanol–water partition coefficient (Wildman–Crippen LogP) is 0.867. The van der Waals surface area contributed by atoms with Crippen molar-refractivity contribution in [1.82, 2.24) is 10.2 Å². The summed E-state index contributed by atoms with van der Waals surface area (Å²) in [5, 5.41) is 15.9. The second kappa shape index (κ2) is 6.17. The summed E-state index contributed by atoms with van der Waals surface area (Å²) >= 11 is 2.01. The lowest BCUT2D eigenvalue weighted by Crippen LogP contribution is -2.15. The lowest BCUT2D eigenvalue weighted by molar-refractivity contribution is -0.133. The van der Waals surface area contributed by atoms with Gasteiger partial charge in [-0.1, -0.05) is 30.0 Å². The Morgan fingerprint density at radius 2 is 2.24 bits per heavy atom. The number of carboxylic acids is 1. The van der Waals surface area contributed by atoms with Gasteiger partial charge < -0.3 is 5.11 Å². The van der Waals surface area contributed by atoms with Crippen molar-refractivity contribution >= 4 is 44.2 Å². The standard InChI is InChI=1S/C7H11N3O4S3/c1-2-3-17(13,14)10-6-8-9-7(16-6)15-4-5(11)12/h2-4H2,1H3,(H,8,10)(H,11,12). The molecule has 0 saturated carbocycles. The highest BCUT2D eigenvalue weighted by molar-refractivity contribution is 8.01. The molecule has 1 aromatic rings. The maximum atomic E-state index is 11.4. The predicted molar refractivity (Wildman–Crippen MR) is 66.0 cm³/mol. The number of anilines is 1. The first kappa shape index (κ1) is 14.2. The highest BCUT2D eigenvalue weighted by Crippen LogP contribution is 2.25. The molecule has 7 nitrogen and oxygen atoms in total. The van der Waals surface area contributed by atoms with Crippen LogP contribution in [0.4, 0.5) is 5.13 Å². The Hall–Kier alpha value is -0.870. The first-order valence-corrected chi connectivity index (χ1v) is 8.07. The molecule has 0 unspecified atom stereocenters. The molecule has 0 saturated heterocycles. The van der Waals surface area contributed by atoms with Gasteiger partial charge in [-0.25, -0.2) is 8.42 Å². The zero-order valence-corrected chi connectivity index (χ0v) is 11.4. The Labute approximate surface area is 107 Å². The number of nitrogens with one attached hydrogen (secondary N) is 1. The van der Waals surface area contributed by atoms with E-state index in [-0.39, 0.29) is 16.6 Å². The summed E-state index contributed by atoms with van der Waals surface area (Å²) in [5.41, 5.74) is 0. The van der Waals surface area contributed by atoms with Crippen molar-refractivity contribution in [3.63, 3.8) is 0 Å². The topological polar surface area (TPSA) is 109 Å². The normalized spacial score (nSPS) is 11.4. The molecule has 0 amide bonds. The second-order valence-electron chi connectivity index (χ2n) is 2.98. The highest BCUT2D eigenvalue weighted by Gasteiger charge is 2.13. The summed E-state index contributed by atoms with van der Waals surface area (Å²) in [4.78, 5) is 10.3. The van der Waals surface area contributed by atoms with E-state index in [0.29, 0.717) is 10.8 Å². The number of aliphatic carboxylic acids is 1. The van der Waals surface area contributed by atoms with E-state index in [0.717, 1.165) is 23.1 Å². The van der Waals surface area contributed by atoms with E-state index in [9.17, 15) is 13.2 Å². The maximum Gasteiger partial charge on any atom is 0.313 e. The Bertz CT molecular complexity index is 484. The summed E-state index contributed by atoms with van der Waals surface area (Å²) < 4.78 is 25.5. The van der Waals surface area contributed by atoms with Crippen LogP contribution < -0.4 is 4.72 Å². The van der Waals surface area contributed by atoms with Gasteiger partial charge >= 0.3 is 5.97 Å². The fraction of sp³-hybridized carbons (Fsp3) is 0.571. The highest BCUT2D eigenvalue weighted by atomic mass is 32.2. The van der Waals surface area contributed by atoms with Crippen molar-refractivity contribution in [3.05, 3.63) is 0 Å². The van der Waals surface area contributed by atoms with E-state index in [1.165, 1.54) is 0 Å². The Kier molecular flexibility index (Phi) is 5.15. The van der Waals surface area contributed by atoms with Crippen LogP contribution in [0.3, 0.4) is 0 Å². The average Bonchev–Trinajstić information content (AvgIpc) is 2.61. The van der Waals surface area contributed by atoms with Crippen LogP contribution in [-0.4, -0.2) is 41.2 Å². The Morgan fingerprint density at radius 3 is 2.82 bits per heavy atom. The van der Waals surface area contributed by atoms with Crippen molar-refractivity contribution in [2.75, 3.05) is 16.2 Å². The van der Waals surface area contributed by atoms with Gasteiger partial charge in [0.15, 0.2) is 4.34 Å². The fourth-order valence-electron chi connectivity index (χ4n) is 0.886. The van der Waals surface area contributed by atoms with Crippen LogP contribution in [0, 0.1) is 0 Å². The molecule has 0 aliphatic heterocycles. The minimum Gasteiger partial charge on any atom is -0.481 e. The minimum absolute atomic E-state index is 0.0180. The van der Waals surface area contributed by atoms with Crippen molar-refractivity contribution in [3.8, 4) is 0 Å². The molecule has 0 aliphatic carbocycles. The number of thioether (sulfide) groups is 1. The van der Waals surface area contributed by atoms with E-state index < -0.39 is 16.0 Å². The number of aromatic nitrogens is 2. The summed E-state index contributed by atoms with van der Waals surface area (Å²) in [6.07, 6.45) is 0.509. The molecule has 1 aromatic heterocycles. The SMILES string of the molecule is CCCS(=O)(=O)Nc1nnc(SCC(=O)O)s1. The average molecular weight is 297 g/mol. The summed E-state index contributed by atoms with van der Waals surface area (Å²) in [6, 6.07) is 0. The van der Waals surface area contributed by atoms with Gasteiger partial charge in [-0.15, -0.1) is 10.2 Å². The van der Waals surface area contributed by atoms with Gasteiger partial charge in [-0.2, -0.15) is 0 Å². The van der Waals surface area contributed by atoms with E-state index in [4.69, 9.17) is 5.11 Å². The number of sulfonamides is 1. The van der Waals surface area contributed by atoms with Crippen LogP contribution in [0.1, 0.15) is 13.3 Å². The molecular weight excluding hydrogens is 286 g/mol. The molecular formula is C7H11N3O4S3. The van der Waals surface area contributed by atoms with Gasteiger partial charge in [0, 0.05) is 0 Å². The van der Waals surface area contributed by atoms with Crippen molar-refractivity contribution in [2.45, 2.75) is 17.7 Å². The van der Waals surface area contributed by atoms with Crippen LogP contribution in [0.25, 0.3) is 0 Å². The van der Waals surface area contributed by atoms with Crippen LogP contribution in [0.5, 0.6) is 0 Å². The maximum absolute atomic E-state index is 11.4. The van der Waals surface area contributed by atoms with Crippen molar-refractivity contribution in [1.29, 1.82) is 0 Å². The summed E-state index contributed by atoms with van der Waals surface area (Å²) in [5.74, 6) is -1.07. The van der Waals surface area contributed by atoms with E-state index in [1.54, 1.807) is 6.92 Å². The Morgan fingerprint density at radius 1 is 1.53 bits per heavy atom. The monoisotopic (exact) mass is 297 g/mol. The number of hydrogen-bond donors (Lipinski definition) is 2. The van der Waals surface area contributed by atoms with Gasteiger partial charge in [0.1, 0.15) is 0 Å². The smallest absolute Gasteiger partial charge is 0.313 e. The van der Waals surface area contributed by atoms with Gasteiger partial charge in [0.25, 0.3) is 0 Å². The third kappa shape index (κ3) is 5.33. The van der Waals surface area contributed by atoms with Gasteiger partial charge in [-0.3, -0.25) is 9.52 Å². The van der Waals surface area contributed by atoms with Gasteiger partial charge in [0.05, 0.1) is 11.5 Å². The van der Waals surface area contributed by atoms with Crippen LogP contribution in [0.15, 0.2) is 4.34 Å². The zero-order chi connectivity index (χ0) is 12.9. The third-order valence-corrected chi connectivity index (χ3v) is 4.98. The third-order valence-electron chi connectivity index (χ3n) is 1.44. The molecule has 17 heavy (non-hydrogen) atoms. The first-order chi connectivity index (χ1) is 7.93. The quantitative estimate of drug-likeness (QED) is 0.718. The van der Waals surface area contributed by atoms with Crippen molar-refractivity contribution < 1.29 is 18.3 Å². The number of nitrogens with zero attached hydrogens (tertiary/aromatic N) is 2. The Balaban J connectivity index is 2.59. The molecule has 0 atom stereocenters.